The van der Waals surface area contributed by atoms with Crippen LogP contribution in [0, 0.1) is 11.8 Å². The number of rotatable bonds is 15. The second kappa shape index (κ2) is 11.9. The van der Waals surface area contributed by atoms with Gasteiger partial charge in [0.05, 0.1) is 30.8 Å². The Kier molecular flexibility index (Phi) is 9.39. The molecule has 3 aliphatic heterocycles. The van der Waals surface area contributed by atoms with Gasteiger partial charge in [-0.2, -0.15) is 0 Å². The van der Waals surface area contributed by atoms with Crippen LogP contribution in [0.1, 0.15) is 72.1 Å². The van der Waals surface area contributed by atoms with Gasteiger partial charge in [-0.15, -0.1) is 13.2 Å². The topological polar surface area (TPSA) is 96.4 Å². The average Bonchev–Trinajstić information content (AvgIpc) is 3.48. The lowest BCUT2D eigenvalue weighted by Crippen LogP contribution is -2.59. The minimum absolute atomic E-state index is 0.192. The van der Waals surface area contributed by atoms with E-state index in [1.54, 1.807) is 17.1 Å². The van der Waals surface area contributed by atoms with Gasteiger partial charge in [-0.05, 0) is 38.5 Å². The smallest absolute Gasteiger partial charge is 0.312 e. The van der Waals surface area contributed by atoms with Crippen molar-refractivity contribution < 1.29 is 29.0 Å². The number of amides is 2. The van der Waals surface area contributed by atoms with Gasteiger partial charge in [-0.3, -0.25) is 14.4 Å². The van der Waals surface area contributed by atoms with Crippen LogP contribution in [0.4, 0.5) is 0 Å². The Morgan fingerprint density at radius 3 is 2.58 bits per heavy atom. The lowest BCUT2D eigenvalue weighted by Gasteiger charge is -2.39. The van der Waals surface area contributed by atoms with E-state index in [0.29, 0.717) is 45.2 Å². The molecule has 2 amide bonds. The third-order valence-corrected chi connectivity index (χ3v) is 8.44. The van der Waals surface area contributed by atoms with E-state index < -0.39 is 41.1 Å². The van der Waals surface area contributed by atoms with Crippen molar-refractivity contribution in [3.63, 3.8) is 0 Å². The number of ether oxygens (including phenoxy) is 2. The van der Waals surface area contributed by atoms with Gasteiger partial charge in [0.2, 0.25) is 11.8 Å². The third-order valence-electron chi connectivity index (χ3n) is 8.44. The highest BCUT2D eigenvalue weighted by molar-refractivity contribution is 5.98. The van der Waals surface area contributed by atoms with Crippen molar-refractivity contribution >= 4 is 17.8 Å². The number of unbranched alkanes of at least 4 members (excludes halogenated alkanes) is 2. The van der Waals surface area contributed by atoms with Crippen LogP contribution in [-0.4, -0.2) is 82.3 Å². The molecule has 2 unspecified atom stereocenters. The Bertz CT molecular complexity index is 842. The number of nitrogens with zero attached hydrogens (tertiary/aromatic N) is 2. The summed E-state index contributed by atoms with van der Waals surface area (Å²) in [6, 6.07) is -1.43. The summed E-state index contributed by atoms with van der Waals surface area (Å²) in [5, 5.41) is 10.2. The predicted molar refractivity (Wildman–Crippen MR) is 137 cm³/mol. The first-order valence-electron chi connectivity index (χ1n) is 13.6. The molecule has 2 bridgehead atoms. The number of fused-ring (bicyclic) bond motifs is 1. The van der Waals surface area contributed by atoms with Crippen LogP contribution in [0.5, 0.6) is 0 Å². The van der Waals surface area contributed by atoms with Crippen LogP contribution in [0.25, 0.3) is 0 Å². The molecule has 6 atom stereocenters. The van der Waals surface area contributed by atoms with Gasteiger partial charge in [0.15, 0.2) is 0 Å². The fourth-order valence-corrected chi connectivity index (χ4v) is 6.61. The van der Waals surface area contributed by atoms with Gasteiger partial charge >= 0.3 is 5.97 Å². The quantitative estimate of drug-likeness (QED) is 0.209. The normalized spacial score (nSPS) is 31.3. The Labute approximate surface area is 215 Å². The summed E-state index contributed by atoms with van der Waals surface area (Å²) in [5.41, 5.74) is -1.94. The second-order valence-electron chi connectivity index (χ2n) is 10.3. The zero-order valence-electron chi connectivity index (χ0n) is 22.2. The number of hydrogen-bond acceptors (Lipinski definition) is 6. The van der Waals surface area contributed by atoms with Crippen LogP contribution in [0.3, 0.4) is 0 Å². The molecule has 8 heteroatoms. The lowest BCUT2D eigenvalue weighted by atomic mass is 9.65. The van der Waals surface area contributed by atoms with Crippen molar-refractivity contribution in [3.8, 4) is 0 Å². The highest BCUT2D eigenvalue weighted by Gasteiger charge is 2.79. The number of carbonyl (C=O) groups excluding carboxylic acids is 3. The molecule has 36 heavy (non-hydrogen) atoms. The van der Waals surface area contributed by atoms with Crippen LogP contribution >= 0.6 is 0 Å². The number of aliphatic hydroxyl groups is 1. The molecule has 0 aromatic carbocycles. The van der Waals surface area contributed by atoms with E-state index in [4.69, 9.17) is 9.47 Å². The molecule has 3 aliphatic rings. The summed E-state index contributed by atoms with van der Waals surface area (Å²) in [6.07, 6.45) is 8.89. The van der Waals surface area contributed by atoms with Gasteiger partial charge < -0.3 is 24.4 Å². The Hall–Kier alpha value is -2.19. The molecule has 0 saturated carbocycles. The molecule has 1 spiro atoms. The van der Waals surface area contributed by atoms with Crippen molar-refractivity contribution in [1.82, 2.24) is 9.80 Å². The molecule has 0 aromatic heterocycles. The van der Waals surface area contributed by atoms with Crippen molar-refractivity contribution in [2.24, 2.45) is 11.8 Å². The highest BCUT2D eigenvalue weighted by atomic mass is 16.6. The molecule has 1 N–H and O–H groups in total. The molecule has 8 nitrogen and oxygen atoms in total. The zero-order chi connectivity index (χ0) is 26.5. The van der Waals surface area contributed by atoms with Crippen molar-refractivity contribution in [2.45, 2.75) is 95.4 Å². The second-order valence-corrected chi connectivity index (χ2v) is 10.3. The van der Waals surface area contributed by atoms with Crippen molar-refractivity contribution in [1.29, 1.82) is 0 Å². The molecular formula is C28H44N2O6. The lowest BCUT2D eigenvalue weighted by molar-refractivity contribution is -0.163. The largest absolute Gasteiger partial charge is 0.465 e. The van der Waals surface area contributed by atoms with Crippen LogP contribution in [0.15, 0.2) is 25.3 Å². The standard InChI is InChI=1S/C28H44N2O6/c1-6-11-13-17-29(16-8-3)25(33)23-28-15-14-27(10-5,36-28)22(26(34)35-18-12-7-2)21(28)24(32)30(23)20(9-4)19-31/h7-8,20-23,31H,2-3,6,9-19H2,1,4-5H3/t20-,21-,22+,23?,27-,28?/m0/s1. The maximum atomic E-state index is 14.2. The fraction of sp³-hybridized carbons (Fsp3) is 0.750. The molecule has 3 saturated heterocycles. The maximum absolute atomic E-state index is 14.2. The summed E-state index contributed by atoms with van der Waals surface area (Å²) in [5.74, 6) is -2.52. The first-order chi connectivity index (χ1) is 17.3. The van der Waals surface area contributed by atoms with E-state index in [-0.39, 0.29) is 25.0 Å². The SMILES string of the molecule is C=CCCOC(=O)[C@H]1[C@H]2C(=O)N([C@@H](CC)CO)C(C(=O)N(CC=C)CCCCC)C23CC[C@]1(CC)O3. The summed E-state index contributed by atoms with van der Waals surface area (Å²) < 4.78 is 12.3. The molecule has 0 aliphatic carbocycles. The van der Waals surface area contributed by atoms with Gasteiger partial charge in [0, 0.05) is 13.1 Å². The van der Waals surface area contributed by atoms with E-state index in [9.17, 15) is 19.5 Å². The van der Waals surface area contributed by atoms with E-state index >= 15 is 0 Å². The van der Waals surface area contributed by atoms with E-state index in [1.807, 2.05) is 13.8 Å². The van der Waals surface area contributed by atoms with Crippen LogP contribution < -0.4 is 0 Å². The zero-order valence-corrected chi connectivity index (χ0v) is 22.2. The highest BCUT2D eigenvalue weighted by Crippen LogP contribution is 2.64. The monoisotopic (exact) mass is 504 g/mol. The predicted octanol–water partition coefficient (Wildman–Crippen LogP) is 3.24. The van der Waals surface area contributed by atoms with Crippen LogP contribution in [0.2, 0.25) is 0 Å². The molecule has 3 rings (SSSR count). The molecule has 202 valence electrons. The fourth-order valence-electron chi connectivity index (χ4n) is 6.61. The number of esters is 1. The molecular weight excluding hydrogens is 460 g/mol. The van der Waals surface area contributed by atoms with Gasteiger partial charge in [-0.1, -0.05) is 45.8 Å². The average molecular weight is 505 g/mol. The van der Waals surface area contributed by atoms with Crippen molar-refractivity contribution in [3.05, 3.63) is 25.3 Å². The minimum atomic E-state index is -1.11. The summed E-state index contributed by atoms with van der Waals surface area (Å²) in [4.78, 5) is 45.0. The molecule has 3 heterocycles. The summed E-state index contributed by atoms with van der Waals surface area (Å²) >= 11 is 0. The number of hydrogen-bond donors (Lipinski definition) is 1. The maximum Gasteiger partial charge on any atom is 0.312 e. The van der Waals surface area contributed by atoms with E-state index in [0.717, 1.165) is 19.3 Å². The first-order valence-corrected chi connectivity index (χ1v) is 13.6. The van der Waals surface area contributed by atoms with Gasteiger partial charge in [0.1, 0.15) is 17.6 Å². The summed E-state index contributed by atoms with van der Waals surface area (Å²) in [7, 11) is 0. The van der Waals surface area contributed by atoms with Crippen LogP contribution in [-0.2, 0) is 23.9 Å². The van der Waals surface area contributed by atoms with Gasteiger partial charge in [-0.25, -0.2) is 0 Å². The third kappa shape index (κ3) is 4.62. The number of aliphatic hydroxyl groups excluding tert-OH is 1. The number of carbonyl (C=O) groups is 3. The van der Waals surface area contributed by atoms with Gasteiger partial charge in [0.25, 0.3) is 0 Å². The molecule has 0 aromatic rings. The Balaban J connectivity index is 2.06. The number of likely N-dealkylation sites (tertiary alicyclic amines) is 1. The molecule has 0 radical (unpaired) electrons. The molecule has 3 fully saturated rings. The summed E-state index contributed by atoms with van der Waals surface area (Å²) in [6.45, 7) is 14.3. The Morgan fingerprint density at radius 2 is 2.00 bits per heavy atom. The Morgan fingerprint density at radius 1 is 1.25 bits per heavy atom. The van der Waals surface area contributed by atoms with Crippen molar-refractivity contribution in [2.75, 3.05) is 26.3 Å². The van der Waals surface area contributed by atoms with E-state index in [1.165, 1.54) is 4.90 Å². The first kappa shape index (κ1) is 28.4. The van der Waals surface area contributed by atoms with E-state index in [2.05, 4.69) is 20.1 Å². The minimum Gasteiger partial charge on any atom is -0.465 e.